The summed E-state index contributed by atoms with van der Waals surface area (Å²) in [5.41, 5.74) is 13.5. The normalized spacial score (nSPS) is 14.0. The van der Waals surface area contributed by atoms with Gasteiger partial charge in [0.05, 0.1) is 5.41 Å². The maximum absolute atomic E-state index is 6.68. The van der Waals surface area contributed by atoms with E-state index in [1.54, 1.807) is 0 Å². The van der Waals surface area contributed by atoms with Gasteiger partial charge in [0.15, 0.2) is 17.5 Å². The number of aromatic nitrogens is 3. The van der Waals surface area contributed by atoms with Gasteiger partial charge in [0.2, 0.25) is 0 Å². The van der Waals surface area contributed by atoms with Gasteiger partial charge in [0, 0.05) is 33.2 Å². The van der Waals surface area contributed by atoms with Gasteiger partial charge in [0.25, 0.3) is 0 Å². The van der Waals surface area contributed by atoms with Crippen LogP contribution in [0.15, 0.2) is 200 Å². The molecule has 1 aromatic heterocycles. The molecule has 2 heterocycles. The van der Waals surface area contributed by atoms with E-state index in [-0.39, 0.29) is 5.41 Å². The highest BCUT2D eigenvalue weighted by molar-refractivity contribution is 5.79. The zero-order valence-electron chi connectivity index (χ0n) is 32.8. The average molecular weight is 758 g/mol. The first kappa shape index (κ1) is 34.8. The molecule has 0 atom stereocenters. The Labute approximate surface area is 344 Å². The van der Waals surface area contributed by atoms with Crippen LogP contribution in [-0.4, -0.2) is 15.0 Å². The highest BCUT2D eigenvalue weighted by atomic mass is 16.5. The van der Waals surface area contributed by atoms with Crippen molar-refractivity contribution >= 4 is 0 Å². The van der Waals surface area contributed by atoms with Crippen molar-refractivity contribution in [3.05, 3.63) is 234 Å². The van der Waals surface area contributed by atoms with E-state index in [2.05, 4.69) is 202 Å². The fraction of sp³-hybridized carbons (Fsp3) is 0.0727. The van der Waals surface area contributed by atoms with Crippen LogP contribution in [0, 0.1) is 0 Å². The molecule has 59 heavy (non-hydrogen) atoms. The molecule has 1 aliphatic heterocycles. The van der Waals surface area contributed by atoms with Gasteiger partial charge in [-0.25, -0.2) is 15.0 Å². The van der Waals surface area contributed by atoms with E-state index in [0.29, 0.717) is 17.5 Å². The first-order chi connectivity index (χ1) is 29.0. The summed E-state index contributed by atoms with van der Waals surface area (Å²) in [4.78, 5) is 15.9. The molecule has 0 bridgehead atoms. The Morgan fingerprint density at radius 1 is 0.305 bits per heavy atom. The Balaban J connectivity index is 1.17. The van der Waals surface area contributed by atoms with Crippen molar-refractivity contribution in [3.63, 3.8) is 0 Å². The van der Waals surface area contributed by atoms with Crippen LogP contribution in [0.5, 0.6) is 11.5 Å². The van der Waals surface area contributed by atoms with Crippen molar-refractivity contribution in [2.45, 2.75) is 24.7 Å². The maximum Gasteiger partial charge on any atom is 0.164 e. The molecule has 1 spiro atoms. The Morgan fingerprint density at radius 2 is 0.695 bits per heavy atom. The van der Waals surface area contributed by atoms with E-state index in [9.17, 15) is 0 Å². The molecule has 0 fully saturated rings. The summed E-state index contributed by atoms with van der Waals surface area (Å²) in [6.45, 7) is 4.68. The largest absolute Gasteiger partial charge is 0.457 e. The molecule has 9 aromatic rings. The van der Waals surface area contributed by atoms with Crippen LogP contribution >= 0.6 is 0 Å². The van der Waals surface area contributed by atoms with E-state index in [1.807, 2.05) is 12.1 Å². The Morgan fingerprint density at radius 3 is 1.22 bits per heavy atom. The predicted octanol–water partition coefficient (Wildman–Crippen LogP) is 13.3. The zero-order chi connectivity index (χ0) is 39.6. The lowest BCUT2D eigenvalue weighted by Crippen LogP contribution is -2.43. The van der Waals surface area contributed by atoms with Crippen LogP contribution in [0.25, 0.3) is 56.4 Å². The first-order valence-corrected chi connectivity index (χ1v) is 20.2. The van der Waals surface area contributed by atoms with Crippen molar-refractivity contribution < 1.29 is 4.74 Å². The number of hydrogen-bond acceptors (Lipinski definition) is 4. The second-order valence-electron chi connectivity index (χ2n) is 16.0. The van der Waals surface area contributed by atoms with Crippen LogP contribution in [0.4, 0.5) is 0 Å². The number of fused-ring (bicyclic) bond motifs is 8. The van der Waals surface area contributed by atoms with Gasteiger partial charge >= 0.3 is 0 Å². The molecule has 0 saturated carbocycles. The number of nitrogens with zero attached hydrogens (tertiary/aromatic N) is 3. The van der Waals surface area contributed by atoms with Crippen LogP contribution in [-0.2, 0) is 10.8 Å². The fourth-order valence-corrected chi connectivity index (χ4v) is 9.46. The molecule has 11 rings (SSSR count). The minimum Gasteiger partial charge on any atom is -0.457 e. The molecule has 0 amide bonds. The van der Waals surface area contributed by atoms with Crippen molar-refractivity contribution in [1.29, 1.82) is 0 Å². The molecule has 0 saturated heterocycles. The third-order valence-corrected chi connectivity index (χ3v) is 12.3. The summed E-state index contributed by atoms with van der Waals surface area (Å²) < 4.78 is 6.68. The number of ether oxygens (including phenoxy) is 1. The topological polar surface area (TPSA) is 47.9 Å². The van der Waals surface area contributed by atoms with Gasteiger partial charge in [-0.2, -0.15) is 0 Å². The maximum atomic E-state index is 6.68. The van der Waals surface area contributed by atoms with Crippen molar-refractivity contribution in [2.75, 3.05) is 0 Å². The van der Waals surface area contributed by atoms with Crippen LogP contribution in [0.1, 0.15) is 47.2 Å². The molecule has 0 unspecified atom stereocenters. The SMILES string of the molecule is CC1(C)c2ccccc2C2(c3ccccc3Oc3ccccc32)c2cc(-c3nc(-c4cccc(-c5ccccc5)c4)nc(-c4cccc(-c5ccccc5)c4)n3)ccc21. The third kappa shape index (κ3) is 5.55. The molecule has 8 aromatic carbocycles. The summed E-state index contributed by atoms with van der Waals surface area (Å²) in [7, 11) is 0. The molecule has 2 aliphatic rings. The summed E-state index contributed by atoms with van der Waals surface area (Å²) >= 11 is 0. The molecular weight excluding hydrogens is 719 g/mol. The van der Waals surface area contributed by atoms with Gasteiger partial charge in [0.1, 0.15) is 11.5 Å². The number of benzene rings is 8. The van der Waals surface area contributed by atoms with Crippen molar-refractivity contribution in [3.8, 4) is 67.9 Å². The third-order valence-electron chi connectivity index (χ3n) is 12.3. The highest BCUT2D eigenvalue weighted by Gasteiger charge is 2.52. The molecule has 0 radical (unpaired) electrons. The summed E-state index contributed by atoms with van der Waals surface area (Å²) in [6, 6.07) is 70.7. The summed E-state index contributed by atoms with van der Waals surface area (Å²) in [5.74, 6) is 3.57. The van der Waals surface area contributed by atoms with Crippen molar-refractivity contribution in [1.82, 2.24) is 15.0 Å². The van der Waals surface area contributed by atoms with Crippen LogP contribution in [0.3, 0.4) is 0 Å². The number of para-hydroxylation sites is 2. The Bertz CT molecular complexity index is 2920. The smallest absolute Gasteiger partial charge is 0.164 e. The summed E-state index contributed by atoms with van der Waals surface area (Å²) in [5, 5.41) is 0. The van der Waals surface area contributed by atoms with E-state index in [4.69, 9.17) is 19.7 Å². The lowest BCUT2D eigenvalue weighted by atomic mass is 9.53. The standard InChI is InChI=1S/C55H39N3O/c1-54(2)43-25-9-10-26-45(43)55(46-27-11-13-29-49(46)59-50-30-14-12-28-47(50)55)48-35-42(31-32-44(48)54)53-57-51(40-23-15-21-38(33-40)36-17-5-3-6-18-36)56-52(58-53)41-24-16-22-39(34-41)37-19-7-4-8-20-37/h3-35H,1-2H3. The first-order valence-electron chi connectivity index (χ1n) is 20.2. The predicted molar refractivity (Wildman–Crippen MR) is 238 cm³/mol. The average Bonchev–Trinajstić information content (AvgIpc) is 3.31. The van der Waals surface area contributed by atoms with Gasteiger partial charge in [-0.05, 0) is 74.8 Å². The van der Waals surface area contributed by atoms with E-state index < -0.39 is 5.41 Å². The summed E-state index contributed by atoms with van der Waals surface area (Å²) in [6.07, 6.45) is 0. The minimum absolute atomic E-state index is 0.289. The van der Waals surface area contributed by atoms with E-state index in [0.717, 1.165) is 61.6 Å². The monoisotopic (exact) mass is 757 g/mol. The van der Waals surface area contributed by atoms with E-state index >= 15 is 0 Å². The molecular formula is C55H39N3O. The lowest BCUT2D eigenvalue weighted by Gasteiger charge is -2.50. The molecule has 280 valence electrons. The second kappa shape index (κ2) is 13.6. The van der Waals surface area contributed by atoms with Crippen LogP contribution in [0.2, 0.25) is 0 Å². The van der Waals surface area contributed by atoms with Gasteiger partial charge < -0.3 is 4.74 Å². The zero-order valence-corrected chi connectivity index (χ0v) is 32.8. The second-order valence-corrected chi connectivity index (χ2v) is 16.0. The van der Waals surface area contributed by atoms with Gasteiger partial charge in [-0.15, -0.1) is 0 Å². The van der Waals surface area contributed by atoms with Crippen molar-refractivity contribution in [2.24, 2.45) is 0 Å². The quantitative estimate of drug-likeness (QED) is 0.175. The lowest BCUT2D eigenvalue weighted by molar-refractivity contribution is 0.425. The molecule has 4 heteroatoms. The number of rotatable bonds is 5. The Kier molecular flexibility index (Phi) is 8.02. The molecule has 1 aliphatic carbocycles. The highest BCUT2D eigenvalue weighted by Crippen LogP contribution is 2.61. The van der Waals surface area contributed by atoms with Crippen LogP contribution < -0.4 is 4.74 Å². The molecule has 4 nitrogen and oxygen atoms in total. The van der Waals surface area contributed by atoms with Gasteiger partial charge in [-0.3, -0.25) is 0 Å². The molecule has 0 N–H and O–H groups in total. The Hall–Kier alpha value is -7.43. The van der Waals surface area contributed by atoms with E-state index in [1.165, 1.54) is 22.3 Å². The fourth-order valence-electron chi connectivity index (χ4n) is 9.46. The minimum atomic E-state index is -0.657. The van der Waals surface area contributed by atoms with Gasteiger partial charge in [-0.1, -0.05) is 184 Å². The number of hydrogen-bond donors (Lipinski definition) is 0.